The summed E-state index contributed by atoms with van der Waals surface area (Å²) in [5, 5.41) is 34.4. The first-order chi connectivity index (χ1) is 40.3. The maximum absolute atomic E-state index is 12.8. The SMILES string of the molecule is CNC(=O)c1cccc(CSc2ncnc3[nH]ncc23)c1.O=C(NCCc1ccccc1)c1cccc(CSc2ncnc3[nH]ncc23)c1.O=C(Nc1ccc(Sc2ccccc2)cc1)c1cccc(CSc2ncnc3[nH]ncc23)c1. The van der Waals surface area contributed by atoms with Gasteiger partial charge in [0.05, 0.1) is 34.7 Å². The minimum absolute atomic E-state index is 0.0537. The standard InChI is InChI=1S/C25H19N5OS2.C21H19N5OS.C14H13N5OS/c31-24(29-19-9-11-21(12-10-19)33-20-7-2-1-3-8-20)18-6-4-5-17(13-18)15-32-25-22-14-28-30-23(22)26-16-27-25;27-20(22-10-9-15-5-2-1-3-6-15)17-8-4-7-16(11-17)13-28-21-18-12-25-26-19(18)23-14-24-21;1-15-13(20)10-4-2-3-9(5-10)7-21-14-11-6-18-19-12(11)16-8-17-14/h1-14,16H,15H2,(H,29,31)(H,26,27,28,30);1-8,11-12,14H,9-10,13H2,(H,22,27)(H,23,24,25,26);2-6,8H,7H2,1H3,(H,15,20)(H,16,17,18,19). The number of nitrogens with one attached hydrogen (secondary N) is 6. The lowest BCUT2D eigenvalue weighted by molar-refractivity contribution is 0.0949. The van der Waals surface area contributed by atoms with Crippen molar-refractivity contribution in [2.45, 2.75) is 48.5 Å². The summed E-state index contributed by atoms with van der Waals surface area (Å²) in [6.45, 7) is 0.612. The second kappa shape index (κ2) is 28.3. The molecule has 0 saturated heterocycles. The summed E-state index contributed by atoms with van der Waals surface area (Å²) in [6.07, 6.45) is 10.6. The van der Waals surface area contributed by atoms with Crippen LogP contribution in [0.1, 0.15) is 53.3 Å². The Balaban J connectivity index is 0.000000141. The van der Waals surface area contributed by atoms with Crippen molar-refractivity contribution in [3.8, 4) is 0 Å². The molecule has 0 spiro atoms. The number of anilines is 1. The minimum Gasteiger partial charge on any atom is -0.355 e. The molecule has 18 nitrogen and oxygen atoms in total. The molecule has 3 amide bonds. The fourth-order valence-corrected chi connectivity index (χ4v) is 11.6. The molecule has 6 aromatic heterocycles. The van der Waals surface area contributed by atoms with Crippen molar-refractivity contribution in [3.05, 3.63) is 234 Å². The van der Waals surface area contributed by atoms with E-state index in [1.165, 1.54) is 29.4 Å². The Labute approximate surface area is 487 Å². The van der Waals surface area contributed by atoms with Crippen molar-refractivity contribution >= 4 is 104 Å². The Morgan fingerprint density at radius 3 is 1.32 bits per heavy atom. The van der Waals surface area contributed by atoms with E-state index in [4.69, 9.17) is 0 Å². The van der Waals surface area contributed by atoms with E-state index < -0.39 is 0 Å². The molecule has 12 rings (SSSR count). The van der Waals surface area contributed by atoms with E-state index in [0.717, 1.165) is 82.0 Å². The molecule has 82 heavy (non-hydrogen) atoms. The van der Waals surface area contributed by atoms with Gasteiger partial charge in [-0.05, 0) is 101 Å². The van der Waals surface area contributed by atoms with E-state index in [1.807, 2.05) is 127 Å². The lowest BCUT2D eigenvalue weighted by atomic mass is 10.1. The number of thioether (sulfide) groups is 3. The maximum atomic E-state index is 12.8. The highest BCUT2D eigenvalue weighted by atomic mass is 32.2. The lowest BCUT2D eigenvalue weighted by Crippen LogP contribution is -2.25. The highest BCUT2D eigenvalue weighted by Gasteiger charge is 2.13. The normalized spacial score (nSPS) is 10.8. The van der Waals surface area contributed by atoms with Gasteiger partial charge in [0, 0.05) is 63.0 Å². The lowest BCUT2D eigenvalue weighted by Gasteiger charge is -2.08. The Bertz CT molecular complexity index is 4070. The zero-order chi connectivity index (χ0) is 56.3. The Hall–Kier alpha value is -9.22. The summed E-state index contributed by atoms with van der Waals surface area (Å²) in [5.74, 6) is 1.85. The smallest absolute Gasteiger partial charge is 0.255 e. The number of carbonyl (C=O) groups is 3. The van der Waals surface area contributed by atoms with Crippen molar-refractivity contribution in [3.63, 3.8) is 0 Å². The molecule has 0 aliphatic rings. The van der Waals surface area contributed by atoms with Crippen molar-refractivity contribution in [2.24, 2.45) is 0 Å². The molecule has 408 valence electrons. The van der Waals surface area contributed by atoms with Crippen LogP contribution in [-0.4, -0.2) is 91.8 Å². The number of aromatic nitrogens is 12. The van der Waals surface area contributed by atoms with Crippen LogP contribution >= 0.6 is 47.0 Å². The van der Waals surface area contributed by atoms with Gasteiger partial charge in [0.15, 0.2) is 16.9 Å². The van der Waals surface area contributed by atoms with E-state index in [9.17, 15) is 14.4 Å². The van der Waals surface area contributed by atoms with E-state index in [0.29, 0.717) is 40.4 Å². The zero-order valence-electron chi connectivity index (χ0n) is 43.9. The molecule has 6 aromatic carbocycles. The van der Waals surface area contributed by atoms with Gasteiger partial charge in [-0.2, -0.15) is 15.3 Å². The molecule has 0 unspecified atom stereocenters. The highest BCUT2D eigenvalue weighted by molar-refractivity contribution is 7.99. The number of hydrogen-bond acceptors (Lipinski definition) is 16. The molecule has 12 aromatic rings. The second-order valence-corrected chi connectivity index (χ2v) is 21.9. The summed E-state index contributed by atoms with van der Waals surface area (Å²) < 4.78 is 0. The second-order valence-electron chi connectivity index (χ2n) is 17.9. The molecule has 0 fully saturated rings. The number of rotatable bonds is 18. The minimum atomic E-state index is -0.135. The fourth-order valence-electron chi connectivity index (χ4n) is 8.08. The monoisotopic (exact) mass is 1160 g/mol. The van der Waals surface area contributed by atoms with Gasteiger partial charge in [-0.3, -0.25) is 29.7 Å². The van der Waals surface area contributed by atoms with Crippen LogP contribution < -0.4 is 16.0 Å². The molecule has 0 aliphatic heterocycles. The molecular formula is C60H51N15O3S4. The summed E-state index contributed by atoms with van der Waals surface area (Å²) in [4.78, 5) is 64.6. The molecule has 0 aliphatic carbocycles. The summed E-state index contributed by atoms with van der Waals surface area (Å²) in [7, 11) is 1.63. The first-order valence-corrected chi connectivity index (χ1v) is 29.3. The number of nitrogens with zero attached hydrogens (tertiary/aromatic N) is 9. The first-order valence-electron chi connectivity index (χ1n) is 25.6. The first kappa shape index (κ1) is 56.1. The highest BCUT2D eigenvalue weighted by Crippen LogP contribution is 2.31. The van der Waals surface area contributed by atoms with Crippen LogP contribution in [-0.2, 0) is 23.7 Å². The van der Waals surface area contributed by atoms with Crippen molar-refractivity contribution < 1.29 is 14.4 Å². The third kappa shape index (κ3) is 15.4. The van der Waals surface area contributed by atoms with E-state index in [-0.39, 0.29) is 17.7 Å². The van der Waals surface area contributed by atoms with Gasteiger partial charge in [-0.25, -0.2) is 29.9 Å². The van der Waals surface area contributed by atoms with Crippen molar-refractivity contribution in [2.75, 3.05) is 18.9 Å². The molecule has 0 atom stereocenters. The van der Waals surface area contributed by atoms with Crippen molar-refractivity contribution in [1.29, 1.82) is 0 Å². The number of amides is 3. The Morgan fingerprint density at radius 1 is 0.439 bits per heavy atom. The number of benzene rings is 6. The van der Waals surface area contributed by atoms with Crippen LogP contribution in [0.3, 0.4) is 0 Å². The Morgan fingerprint density at radius 2 is 0.854 bits per heavy atom. The van der Waals surface area contributed by atoms with Gasteiger partial charge < -0.3 is 16.0 Å². The van der Waals surface area contributed by atoms with Crippen LogP contribution in [0.2, 0.25) is 0 Å². The maximum Gasteiger partial charge on any atom is 0.255 e. The topological polar surface area (TPSA) is 251 Å². The van der Waals surface area contributed by atoms with Gasteiger partial charge in [-0.15, -0.1) is 35.3 Å². The summed E-state index contributed by atoms with van der Waals surface area (Å²) >= 11 is 6.47. The molecule has 0 radical (unpaired) electrons. The Kier molecular flexibility index (Phi) is 19.3. The molecule has 0 bridgehead atoms. The van der Waals surface area contributed by atoms with Crippen LogP contribution in [0.25, 0.3) is 33.1 Å². The van der Waals surface area contributed by atoms with Gasteiger partial charge in [0.25, 0.3) is 17.7 Å². The van der Waals surface area contributed by atoms with Crippen LogP contribution in [0.15, 0.2) is 220 Å². The zero-order valence-corrected chi connectivity index (χ0v) is 47.2. The average Bonchev–Trinajstić information content (AvgIpc) is 4.35. The average molecular weight is 1160 g/mol. The number of carbonyl (C=O) groups excluding carboxylic acids is 3. The third-order valence-corrected chi connectivity index (χ3v) is 16.4. The molecule has 0 saturated carbocycles. The molecule has 6 heterocycles. The molecular weight excluding hydrogens is 1110 g/mol. The largest absolute Gasteiger partial charge is 0.355 e. The number of hydrogen-bond donors (Lipinski definition) is 6. The third-order valence-electron chi connectivity index (χ3n) is 12.2. The van der Waals surface area contributed by atoms with Crippen LogP contribution in [0, 0.1) is 0 Å². The molecule has 22 heteroatoms. The van der Waals surface area contributed by atoms with E-state index in [1.54, 1.807) is 78.8 Å². The fraction of sp³-hybridized carbons (Fsp3) is 0.100. The van der Waals surface area contributed by atoms with E-state index >= 15 is 0 Å². The van der Waals surface area contributed by atoms with Crippen LogP contribution in [0.4, 0.5) is 5.69 Å². The van der Waals surface area contributed by atoms with Gasteiger partial charge in [-0.1, -0.05) is 96.7 Å². The summed E-state index contributed by atoms with van der Waals surface area (Å²) in [5.41, 5.74) is 9.26. The predicted octanol–water partition coefficient (Wildman–Crippen LogP) is 11.7. The number of H-pyrrole nitrogens is 3. The number of aromatic amines is 3. The van der Waals surface area contributed by atoms with Gasteiger partial charge in [0.2, 0.25) is 0 Å². The van der Waals surface area contributed by atoms with Crippen molar-refractivity contribution in [1.82, 2.24) is 71.1 Å². The quantitative estimate of drug-likeness (QED) is 0.0345. The number of fused-ring (bicyclic) bond motifs is 3. The predicted molar refractivity (Wildman–Crippen MR) is 324 cm³/mol. The summed E-state index contributed by atoms with van der Waals surface area (Å²) in [6, 6.07) is 51.1. The van der Waals surface area contributed by atoms with Gasteiger partial charge >= 0.3 is 0 Å². The van der Waals surface area contributed by atoms with E-state index in [2.05, 4.69) is 101 Å². The van der Waals surface area contributed by atoms with Crippen LogP contribution in [0.5, 0.6) is 0 Å². The van der Waals surface area contributed by atoms with Gasteiger partial charge in [0.1, 0.15) is 34.1 Å². The molecule has 6 N–H and O–H groups in total.